The molecule has 0 N–H and O–H groups in total. The smallest absolute Gasteiger partial charge is 0.238 e. The highest BCUT2D eigenvalue weighted by atomic mass is 15.3. The van der Waals surface area contributed by atoms with E-state index in [9.17, 15) is 0 Å². The molecular weight excluding hydrogens is 875 g/mol. The molecule has 5 nitrogen and oxygen atoms in total. The molecule has 0 saturated carbocycles. The minimum absolute atomic E-state index is 0.503. The Balaban J connectivity index is 1.13. The quantitative estimate of drug-likeness (QED) is 0.129. The van der Waals surface area contributed by atoms with E-state index in [0.29, 0.717) is 17.6 Å². The molecule has 10 aromatic carbocycles. The van der Waals surface area contributed by atoms with Gasteiger partial charge in [-0.2, -0.15) is 9.97 Å². The zero-order valence-electron chi connectivity index (χ0n) is 41.6. The number of rotatable bonds is 11. The summed E-state index contributed by atoms with van der Waals surface area (Å²) in [4.78, 5) is 20.9. The molecule has 348 valence electrons. The van der Waals surface area contributed by atoms with Gasteiger partial charge in [0.1, 0.15) is 0 Å². The van der Waals surface area contributed by atoms with E-state index in [1.807, 2.05) is 18.2 Å². The Bertz CT molecular complexity index is 3630. The van der Waals surface area contributed by atoms with Crippen molar-refractivity contribution in [3.63, 3.8) is 0 Å². The first kappa shape index (κ1) is 45.5. The molecule has 0 atom stereocenters. The van der Waals surface area contributed by atoms with Crippen LogP contribution in [0.15, 0.2) is 224 Å². The molecule has 0 unspecified atom stereocenters. The maximum atomic E-state index is 5.52. The van der Waals surface area contributed by atoms with Crippen LogP contribution in [-0.2, 0) is 0 Å². The first-order chi connectivity index (χ1) is 35.2. The van der Waals surface area contributed by atoms with Gasteiger partial charge in [-0.1, -0.05) is 193 Å². The monoisotopic (exact) mass is 929 g/mol. The molecule has 0 aliphatic carbocycles. The van der Waals surface area contributed by atoms with Gasteiger partial charge in [0, 0.05) is 33.8 Å². The Kier molecular flexibility index (Phi) is 12.3. The number of fused-ring (bicyclic) bond motifs is 1. The summed E-state index contributed by atoms with van der Waals surface area (Å²) in [6.07, 6.45) is 0. The van der Waals surface area contributed by atoms with Crippen molar-refractivity contribution in [1.29, 1.82) is 0 Å². The van der Waals surface area contributed by atoms with E-state index in [0.717, 1.165) is 61.2 Å². The maximum Gasteiger partial charge on any atom is 0.238 e. The number of nitrogens with zero attached hydrogens (tertiary/aromatic N) is 5. The van der Waals surface area contributed by atoms with Crippen LogP contribution in [0.1, 0.15) is 33.4 Å². The molecular formula is C67H55N5. The van der Waals surface area contributed by atoms with E-state index in [1.165, 1.54) is 55.9 Å². The highest BCUT2D eigenvalue weighted by Crippen LogP contribution is 2.45. The molecule has 0 saturated heterocycles. The van der Waals surface area contributed by atoms with Gasteiger partial charge in [-0.3, -0.25) is 4.90 Å². The molecule has 1 heterocycles. The van der Waals surface area contributed by atoms with Crippen LogP contribution in [0, 0.1) is 41.5 Å². The van der Waals surface area contributed by atoms with Crippen LogP contribution in [0.25, 0.3) is 66.9 Å². The molecule has 1 aromatic heterocycles. The van der Waals surface area contributed by atoms with Crippen molar-refractivity contribution < 1.29 is 0 Å². The lowest BCUT2D eigenvalue weighted by molar-refractivity contribution is 1.02. The van der Waals surface area contributed by atoms with Crippen LogP contribution in [0.2, 0.25) is 0 Å². The average molecular weight is 930 g/mol. The normalized spacial score (nSPS) is 11.2. The van der Waals surface area contributed by atoms with Crippen molar-refractivity contribution in [2.24, 2.45) is 0 Å². The molecule has 72 heavy (non-hydrogen) atoms. The summed E-state index contributed by atoms with van der Waals surface area (Å²) in [5.74, 6) is 1.67. The molecule has 5 heteroatoms. The topological polar surface area (TPSA) is 45.2 Å². The Hall–Kier alpha value is -8.93. The molecule has 0 spiro atoms. The molecule has 0 aliphatic heterocycles. The van der Waals surface area contributed by atoms with Gasteiger partial charge in [0.25, 0.3) is 0 Å². The number of hydrogen-bond donors (Lipinski definition) is 0. The van der Waals surface area contributed by atoms with E-state index in [-0.39, 0.29) is 0 Å². The van der Waals surface area contributed by atoms with Crippen LogP contribution in [0.4, 0.5) is 34.4 Å². The van der Waals surface area contributed by atoms with E-state index in [2.05, 4.69) is 258 Å². The van der Waals surface area contributed by atoms with Gasteiger partial charge in [0.05, 0.1) is 11.4 Å². The maximum absolute atomic E-state index is 5.52. The first-order valence-electron chi connectivity index (χ1n) is 24.7. The molecule has 11 aromatic rings. The van der Waals surface area contributed by atoms with Gasteiger partial charge >= 0.3 is 0 Å². The molecule has 11 rings (SSSR count). The second-order valence-corrected chi connectivity index (χ2v) is 18.9. The van der Waals surface area contributed by atoms with Crippen molar-refractivity contribution in [2.45, 2.75) is 41.5 Å². The Morgan fingerprint density at radius 1 is 0.306 bits per heavy atom. The van der Waals surface area contributed by atoms with Crippen LogP contribution >= 0.6 is 0 Å². The summed E-state index contributed by atoms with van der Waals surface area (Å²) in [5, 5.41) is 2.28. The number of aromatic nitrogens is 3. The fourth-order valence-electron chi connectivity index (χ4n) is 10.6. The third-order valence-corrected chi connectivity index (χ3v) is 13.6. The lowest BCUT2D eigenvalue weighted by Gasteiger charge is -2.32. The highest BCUT2D eigenvalue weighted by Gasteiger charge is 2.25. The van der Waals surface area contributed by atoms with Crippen molar-refractivity contribution in [1.82, 2.24) is 15.0 Å². The highest BCUT2D eigenvalue weighted by molar-refractivity contribution is 6.03. The predicted molar refractivity (Wildman–Crippen MR) is 302 cm³/mol. The standard InChI is InChI=1S/C67H55N5/c1-44-40-46(3)63(47(4)41-44)72(64-48(5)42-45(2)43-49(64)6)57-37-35-56(36-38-57)71(55-33-30-52(31-34-55)59-28-19-18-27-58(59)50-20-10-7-11-21-50)67-69-65(54-25-14-9-15-26-54)68-66(70-67)61-39-32-51-22-16-17-29-60(51)62(61)53-23-12-8-13-24-53/h7-43H,1-6H3. The van der Waals surface area contributed by atoms with Crippen LogP contribution in [0.3, 0.4) is 0 Å². The molecule has 0 amide bonds. The van der Waals surface area contributed by atoms with Crippen LogP contribution in [-0.4, -0.2) is 15.0 Å². The minimum atomic E-state index is 0.503. The summed E-state index contributed by atoms with van der Waals surface area (Å²) in [6, 6.07) is 79.7. The van der Waals surface area contributed by atoms with Gasteiger partial charge < -0.3 is 4.90 Å². The number of aryl methyl sites for hydroxylation is 6. The molecule has 0 bridgehead atoms. The van der Waals surface area contributed by atoms with Gasteiger partial charge in [-0.25, -0.2) is 4.98 Å². The zero-order chi connectivity index (χ0) is 49.3. The van der Waals surface area contributed by atoms with Crippen LogP contribution < -0.4 is 9.80 Å². The number of benzene rings is 10. The number of hydrogen-bond acceptors (Lipinski definition) is 5. The van der Waals surface area contributed by atoms with E-state index >= 15 is 0 Å². The van der Waals surface area contributed by atoms with Crippen LogP contribution in [0.5, 0.6) is 0 Å². The van der Waals surface area contributed by atoms with Crippen molar-refractivity contribution in [2.75, 3.05) is 9.80 Å². The molecule has 0 aliphatic rings. The Morgan fingerprint density at radius 2 is 0.722 bits per heavy atom. The van der Waals surface area contributed by atoms with Gasteiger partial charge in [0.2, 0.25) is 5.95 Å². The predicted octanol–water partition coefficient (Wildman–Crippen LogP) is 18.1. The summed E-state index contributed by atoms with van der Waals surface area (Å²) in [7, 11) is 0. The van der Waals surface area contributed by atoms with Gasteiger partial charge in [-0.15, -0.1) is 0 Å². The molecule has 0 radical (unpaired) electrons. The largest absolute Gasteiger partial charge is 0.309 e. The van der Waals surface area contributed by atoms with E-state index in [1.54, 1.807) is 0 Å². The lowest BCUT2D eigenvalue weighted by atomic mass is 9.93. The van der Waals surface area contributed by atoms with E-state index in [4.69, 9.17) is 15.0 Å². The fourth-order valence-corrected chi connectivity index (χ4v) is 10.6. The fraction of sp³-hybridized carbons (Fsp3) is 0.0896. The van der Waals surface area contributed by atoms with Gasteiger partial charge in [0.15, 0.2) is 11.6 Å². The summed E-state index contributed by atoms with van der Waals surface area (Å²) in [5.41, 5.74) is 21.3. The third kappa shape index (κ3) is 8.82. The first-order valence-corrected chi connectivity index (χ1v) is 24.7. The minimum Gasteiger partial charge on any atom is -0.309 e. The Labute approximate surface area is 423 Å². The summed E-state index contributed by atoms with van der Waals surface area (Å²) in [6.45, 7) is 13.2. The third-order valence-electron chi connectivity index (χ3n) is 13.6. The Morgan fingerprint density at radius 3 is 1.26 bits per heavy atom. The zero-order valence-corrected chi connectivity index (χ0v) is 41.6. The number of anilines is 6. The van der Waals surface area contributed by atoms with Crippen molar-refractivity contribution >= 4 is 45.2 Å². The SMILES string of the molecule is Cc1cc(C)c(N(c2ccc(N(c3ccc(-c4ccccc4-c4ccccc4)cc3)c3nc(-c4ccccc4)nc(-c4ccc5ccccc5c4-c4ccccc4)n3)cc2)c2c(C)cc(C)cc2C)c(C)c1. The van der Waals surface area contributed by atoms with Crippen molar-refractivity contribution in [3.05, 3.63) is 258 Å². The van der Waals surface area contributed by atoms with Crippen molar-refractivity contribution in [3.8, 4) is 56.2 Å². The molecule has 0 fully saturated rings. The second kappa shape index (κ2) is 19.5. The van der Waals surface area contributed by atoms with E-state index < -0.39 is 0 Å². The summed E-state index contributed by atoms with van der Waals surface area (Å²) < 4.78 is 0. The second-order valence-electron chi connectivity index (χ2n) is 18.9. The summed E-state index contributed by atoms with van der Waals surface area (Å²) >= 11 is 0. The average Bonchev–Trinajstić information content (AvgIpc) is 3.41. The van der Waals surface area contributed by atoms with Gasteiger partial charge in [-0.05, 0) is 145 Å². The lowest BCUT2D eigenvalue weighted by Crippen LogP contribution is -2.17.